The van der Waals surface area contributed by atoms with Crippen LogP contribution in [-0.4, -0.2) is 18.5 Å². The summed E-state index contributed by atoms with van der Waals surface area (Å²) in [6, 6.07) is 6.21. The van der Waals surface area contributed by atoms with Gasteiger partial charge in [0, 0.05) is 23.8 Å². The average Bonchev–Trinajstić information content (AvgIpc) is 3.05. The molecule has 1 aliphatic carbocycles. The zero-order valence-electron chi connectivity index (χ0n) is 9.84. The molecule has 0 aliphatic heterocycles. The van der Waals surface area contributed by atoms with Gasteiger partial charge in [-0.2, -0.15) is 0 Å². The van der Waals surface area contributed by atoms with E-state index in [0.29, 0.717) is 6.04 Å². The van der Waals surface area contributed by atoms with Crippen LogP contribution in [0.5, 0.6) is 0 Å². The van der Waals surface area contributed by atoms with Gasteiger partial charge in [0.05, 0.1) is 0 Å². The van der Waals surface area contributed by atoms with E-state index in [0.717, 1.165) is 36.2 Å². The van der Waals surface area contributed by atoms with Gasteiger partial charge in [-0.1, -0.05) is 0 Å². The van der Waals surface area contributed by atoms with E-state index >= 15 is 0 Å². The first-order valence-electron chi connectivity index (χ1n) is 5.86. The third kappa shape index (κ3) is 2.54. The zero-order valence-corrected chi connectivity index (χ0v) is 9.84. The van der Waals surface area contributed by atoms with Crippen LogP contribution >= 0.6 is 0 Å². The summed E-state index contributed by atoms with van der Waals surface area (Å²) < 4.78 is 0. The van der Waals surface area contributed by atoms with Crippen molar-refractivity contribution in [3.8, 4) is 0 Å². The van der Waals surface area contributed by atoms with Gasteiger partial charge in [-0.3, -0.25) is 4.79 Å². The third-order valence-corrected chi connectivity index (χ3v) is 2.77. The summed E-state index contributed by atoms with van der Waals surface area (Å²) in [4.78, 5) is 11.8. The molecular formula is C13H18N2O. The molecule has 1 aliphatic rings. The van der Waals surface area contributed by atoms with Gasteiger partial charge < -0.3 is 10.6 Å². The summed E-state index contributed by atoms with van der Waals surface area (Å²) in [5.41, 5.74) is 2.97. The highest BCUT2D eigenvalue weighted by atomic mass is 16.1. The van der Waals surface area contributed by atoms with Crippen molar-refractivity contribution < 1.29 is 4.79 Å². The molecular weight excluding hydrogens is 200 g/mol. The molecule has 0 bridgehead atoms. The summed E-state index contributed by atoms with van der Waals surface area (Å²) in [5, 5.41) is 6.25. The predicted molar refractivity (Wildman–Crippen MR) is 65.8 cm³/mol. The number of carbonyl (C=O) groups excluding carboxylic acids is 1. The van der Waals surface area contributed by atoms with Crippen molar-refractivity contribution in [2.24, 2.45) is 0 Å². The Bertz CT molecular complexity index is 397. The van der Waals surface area contributed by atoms with E-state index < -0.39 is 0 Å². The van der Waals surface area contributed by atoms with Gasteiger partial charge in [-0.05, 0) is 50.5 Å². The fourth-order valence-electron chi connectivity index (χ4n) is 1.69. The minimum absolute atomic E-state index is 0.0497. The summed E-state index contributed by atoms with van der Waals surface area (Å²) in [6.07, 6.45) is 2.25. The minimum Gasteiger partial charge on any atom is -0.385 e. The lowest BCUT2D eigenvalue weighted by Gasteiger charge is -2.09. The zero-order chi connectivity index (χ0) is 11.5. The third-order valence-electron chi connectivity index (χ3n) is 2.77. The molecule has 86 valence electrons. The van der Waals surface area contributed by atoms with Crippen LogP contribution in [0.3, 0.4) is 0 Å². The van der Waals surface area contributed by atoms with E-state index in [1.165, 1.54) is 0 Å². The minimum atomic E-state index is 0.0497. The lowest BCUT2D eigenvalue weighted by Crippen LogP contribution is -2.25. The van der Waals surface area contributed by atoms with E-state index in [4.69, 9.17) is 0 Å². The highest BCUT2D eigenvalue weighted by Crippen LogP contribution is 2.20. The topological polar surface area (TPSA) is 41.1 Å². The smallest absolute Gasteiger partial charge is 0.251 e. The van der Waals surface area contributed by atoms with Crippen LogP contribution in [0.4, 0.5) is 5.69 Å². The highest BCUT2D eigenvalue weighted by molar-refractivity contribution is 5.95. The monoisotopic (exact) mass is 218 g/mol. The van der Waals surface area contributed by atoms with Gasteiger partial charge in [0.2, 0.25) is 0 Å². The summed E-state index contributed by atoms with van der Waals surface area (Å²) in [5.74, 6) is 0.0497. The largest absolute Gasteiger partial charge is 0.385 e. The molecule has 1 fully saturated rings. The predicted octanol–water partition coefficient (Wildman–Crippen LogP) is 2.32. The number of carbonyl (C=O) groups is 1. The van der Waals surface area contributed by atoms with Gasteiger partial charge in [0.15, 0.2) is 0 Å². The maximum Gasteiger partial charge on any atom is 0.251 e. The lowest BCUT2D eigenvalue weighted by molar-refractivity contribution is 0.0951. The molecule has 0 atom stereocenters. The highest BCUT2D eigenvalue weighted by Gasteiger charge is 2.23. The summed E-state index contributed by atoms with van der Waals surface area (Å²) >= 11 is 0. The van der Waals surface area contributed by atoms with E-state index in [-0.39, 0.29) is 5.91 Å². The second-order valence-corrected chi connectivity index (χ2v) is 4.31. The second-order valence-electron chi connectivity index (χ2n) is 4.31. The van der Waals surface area contributed by atoms with E-state index in [2.05, 4.69) is 17.6 Å². The second kappa shape index (κ2) is 4.56. The molecule has 1 saturated carbocycles. The average molecular weight is 218 g/mol. The summed E-state index contributed by atoms with van der Waals surface area (Å²) in [7, 11) is 0. The van der Waals surface area contributed by atoms with Gasteiger partial charge in [-0.15, -0.1) is 0 Å². The van der Waals surface area contributed by atoms with Gasteiger partial charge >= 0.3 is 0 Å². The van der Waals surface area contributed by atoms with Crippen molar-refractivity contribution in [3.63, 3.8) is 0 Å². The van der Waals surface area contributed by atoms with Crippen LogP contribution in [0.2, 0.25) is 0 Å². The van der Waals surface area contributed by atoms with Crippen molar-refractivity contribution in [2.45, 2.75) is 32.7 Å². The van der Waals surface area contributed by atoms with Crippen molar-refractivity contribution in [1.82, 2.24) is 5.32 Å². The number of amides is 1. The molecule has 3 nitrogen and oxygen atoms in total. The fourth-order valence-corrected chi connectivity index (χ4v) is 1.69. The van der Waals surface area contributed by atoms with Crippen molar-refractivity contribution in [1.29, 1.82) is 0 Å². The SMILES string of the molecule is CCNc1ccc(C(=O)NC2CC2)cc1C. The molecule has 0 saturated heterocycles. The van der Waals surface area contributed by atoms with Gasteiger partial charge in [0.25, 0.3) is 5.91 Å². The number of anilines is 1. The Kier molecular flexibility index (Phi) is 3.13. The van der Waals surface area contributed by atoms with Crippen molar-refractivity contribution in [3.05, 3.63) is 29.3 Å². The number of hydrogen-bond donors (Lipinski definition) is 2. The van der Waals surface area contributed by atoms with E-state index in [1.54, 1.807) is 0 Å². The van der Waals surface area contributed by atoms with Gasteiger partial charge in [-0.25, -0.2) is 0 Å². The molecule has 0 aromatic heterocycles. The Hall–Kier alpha value is -1.51. The Labute approximate surface area is 96.2 Å². The molecule has 1 aromatic rings. The fraction of sp³-hybridized carbons (Fsp3) is 0.462. The maximum absolute atomic E-state index is 11.8. The maximum atomic E-state index is 11.8. The molecule has 0 unspecified atom stereocenters. The Morgan fingerprint density at radius 3 is 2.75 bits per heavy atom. The summed E-state index contributed by atoms with van der Waals surface area (Å²) in [6.45, 7) is 4.98. The van der Waals surface area contributed by atoms with Crippen LogP contribution in [-0.2, 0) is 0 Å². The Morgan fingerprint density at radius 2 is 2.19 bits per heavy atom. The van der Waals surface area contributed by atoms with E-state index in [9.17, 15) is 4.79 Å². The van der Waals surface area contributed by atoms with Crippen LogP contribution in [0.25, 0.3) is 0 Å². The van der Waals surface area contributed by atoms with Gasteiger partial charge in [0.1, 0.15) is 0 Å². The van der Waals surface area contributed by atoms with Crippen LogP contribution in [0, 0.1) is 6.92 Å². The molecule has 1 amide bonds. The van der Waals surface area contributed by atoms with Crippen molar-refractivity contribution >= 4 is 11.6 Å². The lowest BCUT2D eigenvalue weighted by atomic mass is 10.1. The quantitative estimate of drug-likeness (QED) is 0.814. The standard InChI is InChI=1S/C13H18N2O/c1-3-14-12-7-4-10(8-9(12)2)13(16)15-11-5-6-11/h4,7-8,11,14H,3,5-6H2,1-2H3,(H,15,16). The molecule has 2 N–H and O–H groups in total. The van der Waals surface area contributed by atoms with Crippen molar-refractivity contribution in [2.75, 3.05) is 11.9 Å². The molecule has 0 radical (unpaired) electrons. The molecule has 0 heterocycles. The number of hydrogen-bond acceptors (Lipinski definition) is 2. The number of rotatable bonds is 4. The van der Waals surface area contributed by atoms with Crippen LogP contribution < -0.4 is 10.6 Å². The number of benzene rings is 1. The Balaban J connectivity index is 2.09. The first kappa shape index (κ1) is 11.0. The molecule has 2 rings (SSSR count). The van der Waals surface area contributed by atoms with Crippen LogP contribution in [0.15, 0.2) is 18.2 Å². The molecule has 1 aromatic carbocycles. The first-order chi connectivity index (χ1) is 7.70. The normalized spacial score (nSPS) is 14.6. The first-order valence-corrected chi connectivity index (χ1v) is 5.86. The molecule has 0 spiro atoms. The number of nitrogens with one attached hydrogen (secondary N) is 2. The molecule has 16 heavy (non-hydrogen) atoms. The van der Waals surface area contributed by atoms with Crippen LogP contribution in [0.1, 0.15) is 35.7 Å². The number of aryl methyl sites for hydroxylation is 1. The molecule has 3 heteroatoms. The van der Waals surface area contributed by atoms with E-state index in [1.807, 2.05) is 25.1 Å². The Morgan fingerprint density at radius 1 is 1.44 bits per heavy atom.